The predicted octanol–water partition coefficient (Wildman–Crippen LogP) is 2.26. The summed E-state index contributed by atoms with van der Waals surface area (Å²) in [5.74, 6) is -1.74. The van der Waals surface area contributed by atoms with E-state index in [0.717, 1.165) is 6.07 Å². The van der Waals surface area contributed by atoms with E-state index in [2.05, 4.69) is 22.5 Å². The fourth-order valence-electron chi connectivity index (χ4n) is 1.60. The van der Waals surface area contributed by atoms with Crippen LogP contribution in [0.1, 0.15) is 10.4 Å². The minimum absolute atomic E-state index is 0.154. The van der Waals surface area contributed by atoms with Crippen molar-refractivity contribution in [3.63, 3.8) is 0 Å². The third-order valence-corrected chi connectivity index (χ3v) is 2.52. The number of Topliss-reactive ketones (excluding diaryl/α,β-unsaturated/α-hetero) is 1. The van der Waals surface area contributed by atoms with Crippen LogP contribution in [0.2, 0.25) is 0 Å². The first-order valence-electron chi connectivity index (χ1n) is 4.49. The molecule has 0 atom stereocenters. The van der Waals surface area contributed by atoms with Gasteiger partial charge in [-0.15, -0.1) is 0 Å². The van der Waals surface area contributed by atoms with E-state index in [1.807, 2.05) is 0 Å². The number of carbonyl (C=O) groups excluding carboxylic acids is 2. The summed E-state index contributed by atoms with van der Waals surface area (Å²) in [6.45, 7) is 3.74. The summed E-state index contributed by atoms with van der Waals surface area (Å²) in [7, 11) is 0. The minimum Gasteiger partial charge on any atom is -0.300 e. The second-order valence-electron chi connectivity index (χ2n) is 3.40. The zero-order chi connectivity index (χ0) is 11.9. The lowest BCUT2D eigenvalue weighted by atomic mass is 10.1. The Balaban J connectivity index is 2.51. The van der Waals surface area contributed by atoms with E-state index in [1.165, 1.54) is 17.0 Å². The van der Waals surface area contributed by atoms with Crippen molar-refractivity contribution in [2.45, 2.75) is 0 Å². The first-order valence-corrected chi connectivity index (χ1v) is 5.29. The van der Waals surface area contributed by atoms with E-state index in [-0.39, 0.29) is 12.1 Å². The Kier molecular flexibility index (Phi) is 2.63. The predicted molar refractivity (Wildman–Crippen MR) is 61.2 cm³/mol. The Morgan fingerprint density at radius 2 is 2.12 bits per heavy atom. The van der Waals surface area contributed by atoms with Gasteiger partial charge in [0.05, 0.1) is 17.8 Å². The summed E-state index contributed by atoms with van der Waals surface area (Å²) in [6, 6.07) is 3.66. The lowest BCUT2D eigenvalue weighted by molar-refractivity contribution is -0.114. The number of carbonyl (C=O) groups is 2. The van der Waals surface area contributed by atoms with Gasteiger partial charge in [0.25, 0.3) is 11.7 Å². The van der Waals surface area contributed by atoms with Gasteiger partial charge in [0, 0.05) is 4.48 Å². The van der Waals surface area contributed by atoms with Crippen molar-refractivity contribution in [1.82, 2.24) is 0 Å². The number of fused-ring (bicyclic) bond motifs is 1. The van der Waals surface area contributed by atoms with Gasteiger partial charge in [-0.05, 0) is 18.2 Å². The molecule has 0 saturated heterocycles. The molecule has 0 unspecified atom stereocenters. The lowest BCUT2D eigenvalue weighted by Crippen LogP contribution is -2.30. The number of benzene rings is 1. The fourth-order valence-corrected chi connectivity index (χ4v) is 1.85. The molecule has 1 aliphatic heterocycles. The van der Waals surface area contributed by atoms with E-state index >= 15 is 0 Å². The van der Waals surface area contributed by atoms with Crippen molar-refractivity contribution in [2.24, 2.45) is 0 Å². The maximum absolute atomic E-state index is 13.0. The van der Waals surface area contributed by atoms with Crippen LogP contribution in [0.25, 0.3) is 0 Å². The largest absolute Gasteiger partial charge is 0.300 e. The van der Waals surface area contributed by atoms with Gasteiger partial charge in [-0.1, -0.05) is 22.5 Å². The average Bonchev–Trinajstić information content (AvgIpc) is 2.43. The van der Waals surface area contributed by atoms with Gasteiger partial charge in [-0.25, -0.2) is 4.39 Å². The van der Waals surface area contributed by atoms with Crippen LogP contribution in [0.3, 0.4) is 0 Å². The fraction of sp³-hybridized carbons (Fsp3) is 0.0909. The molecule has 0 radical (unpaired) electrons. The Bertz CT molecular complexity index is 513. The summed E-state index contributed by atoms with van der Waals surface area (Å²) in [5.41, 5.74) is 0.538. The summed E-state index contributed by atoms with van der Waals surface area (Å²) in [6.07, 6.45) is 0. The Morgan fingerprint density at radius 1 is 1.44 bits per heavy atom. The Hall–Kier alpha value is -1.49. The van der Waals surface area contributed by atoms with Gasteiger partial charge >= 0.3 is 0 Å². The Morgan fingerprint density at radius 3 is 2.75 bits per heavy atom. The summed E-state index contributed by atoms with van der Waals surface area (Å²) in [5, 5.41) is 0. The van der Waals surface area contributed by atoms with Crippen LogP contribution in [0.4, 0.5) is 10.1 Å². The smallest absolute Gasteiger partial charge is 0.299 e. The van der Waals surface area contributed by atoms with Crippen molar-refractivity contribution >= 4 is 33.3 Å². The van der Waals surface area contributed by atoms with E-state index < -0.39 is 17.5 Å². The standard InChI is InChI=1S/C11H7BrFNO2/c1-6(12)5-14-9-4-7(13)2-3-8(9)10(15)11(14)16/h2-4H,1,5H2. The molecule has 5 heteroatoms. The molecule has 0 saturated carbocycles. The molecule has 1 aromatic rings. The van der Waals surface area contributed by atoms with E-state index in [4.69, 9.17) is 0 Å². The number of hydrogen-bond donors (Lipinski definition) is 0. The molecular formula is C11H7BrFNO2. The lowest BCUT2D eigenvalue weighted by Gasteiger charge is -2.15. The van der Waals surface area contributed by atoms with Gasteiger partial charge < -0.3 is 0 Å². The van der Waals surface area contributed by atoms with Gasteiger partial charge in [0.2, 0.25) is 0 Å². The summed E-state index contributed by atoms with van der Waals surface area (Å²) < 4.78 is 13.6. The molecule has 1 aromatic carbocycles. The average molecular weight is 284 g/mol. The van der Waals surface area contributed by atoms with E-state index in [9.17, 15) is 14.0 Å². The van der Waals surface area contributed by atoms with Crippen molar-refractivity contribution in [3.05, 3.63) is 40.6 Å². The van der Waals surface area contributed by atoms with Gasteiger partial charge in [-0.3, -0.25) is 14.5 Å². The molecule has 0 N–H and O–H groups in total. The van der Waals surface area contributed by atoms with Gasteiger partial charge in [-0.2, -0.15) is 0 Å². The topological polar surface area (TPSA) is 37.4 Å². The minimum atomic E-state index is -0.652. The van der Waals surface area contributed by atoms with Crippen LogP contribution in [0.15, 0.2) is 29.3 Å². The molecule has 1 aliphatic rings. The number of nitrogens with zero attached hydrogens (tertiary/aromatic N) is 1. The van der Waals surface area contributed by atoms with Crippen LogP contribution >= 0.6 is 15.9 Å². The van der Waals surface area contributed by atoms with Crippen molar-refractivity contribution in [2.75, 3.05) is 11.4 Å². The number of amides is 1. The number of halogens is 2. The normalized spacial score (nSPS) is 14.2. The highest BCUT2D eigenvalue weighted by molar-refractivity contribution is 9.11. The van der Waals surface area contributed by atoms with Gasteiger partial charge in [0.15, 0.2) is 0 Å². The summed E-state index contributed by atoms with van der Waals surface area (Å²) >= 11 is 3.11. The van der Waals surface area contributed by atoms with Crippen LogP contribution in [0, 0.1) is 5.82 Å². The zero-order valence-corrected chi connectivity index (χ0v) is 9.75. The van der Waals surface area contributed by atoms with Crippen LogP contribution in [0.5, 0.6) is 0 Å². The molecule has 0 aliphatic carbocycles. The van der Waals surface area contributed by atoms with Crippen LogP contribution in [-0.2, 0) is 4.79 Å². The number of hydrogen-bond acceptors (Lipinski definition) is 2. The molecule has 0 spiro atoms. The monoisotopic (exact) mass is 283 g/mol. The molecule has 1 heterocycles. The van der Waals surface area contributed by atoms with Gasteiger partial charge in [0.1, 0.15) is 5.82 Å². The molecular weight excluding hydrogens is 277 g/mol. The summed E-state index contributed by atoms with van der Waals surface area (Å²) in [4.78, 5) is 24.3. The molecule has 1 amide bonds. The third-order valence-electron chi connectivity index (χ3n) is 2.26. The van der Waals surface area contributed by atoms with Crippen LogP contribution < -0.4 is 4.90 Å². The molecule has 82 valence electrons. The second kappa shape index (κ2) is 3.83. The van der Waals surface area contributed by atoms with E-state index in [0.29, 0.717) is 10.2 Å². The molecule has 0 aromatic heterocycles. The molecule has 2 rings (SSSR count). The third kappa shape index (κ3) is 1.67. The highest BCUT2D eigenvalue weighted by atomic mass is 79.9. The molecule has 3 nitrogen and oxygen atoms in total. The second-order valence-corrected chi connectivity index (χ2v) is 4.52. The first-order chi connectivity index (χ1) is 7.50. The number of rotatable bonds is 2. The number of anilines is 1. The SMILES string of the molecule is C=C(Br)CN1C(=O)C(=O)c2ccc(F)cc21. The first kappa shape index (κ1) is 11.0. The Labute approximate surface area is 99.7 Å². The van der Waals surface area contributed by atoms with Crippen molar-refractivity contribution in [1.29, 1.82) is 0 Å². The zero-order valence-electron chi connectivity index (χ0n) is 8.17. The van der Waals surface area contributed by atoms with E-state index in [1.54, 1.807) is 0 Å². The van der Waals surface area contributed by atoms with Crippen LogP contribution in [-0.4, -0.2) is 18.2 Å². The highest BCUT2D eigenvalue weighted by Gasteiger charge is 2.35. The maximum atomic E-state index is 13.0. The maximum Gasteiger partial charge on any atom is 0.299 e. The number of ketones is 1. The molecule has 0 fully saturated rings. The van der Waals surface area contributed by atoms with Crippen molar-refractivity contribution < 1.29 is 14.0 Å². The molecule has 0 bridgehead atoms. The highest BCUT2D eigenvalue weighted by Crippen LogP contribution is 2.30. The quantitative estimate of drug-likeness (QED) is 0.781. The molecule has 16 heavy (non-hydrogen) atoms. The van der Waals surface area contributed by atoms with Crippen molar-refractivity contribution in [3.8, 4) is 0 Å².